The smallest absolute Gasteiger partial charge is 0.255 e. The highest BCUT2D eigenvalue weighted by Crippen LogP contribution is 2.29. The Morgan fingerprint density at radius 2 is 2.16 bits per heavy atom. The second-order valence-electron chi connectivity index (χ2n) is 6.34. The summed E-state index contributed by atoms with van der Waals surface area (Å²) < 4.78 is 0. The fraction of sp³-hybridized carbons (Fsp3) is 0.471. The molecule has 2 aliphatic heterocycles. The summed E-state index contributed by atoms with van der Waals surface area (Å²) in [4.78, 5) is 37.6. The zero-order valence-corrected chi connectivity index (χ0v) is 13.8. The lowest BCUT2D eigenvalue weighted by Crippen LogP contribution is -2.52. The number of benzene rings is 1. The highest BCUT2D eigenvalue weighted by atomic mass is 16.3. The zero-order valence-electron chi connectivity index (χ0n) is 13.8. The lowest BCUT2D eigenvalue weighted by molar-refractivity contribution is -0.136. The summed E-state index contributed by atoms with van der Waals surface area (Å²) >= 11 is 0. The summed E-state index contributed by atoms with van der Waals surface area (Å²) in [5, 5.41) is 14.7. The summed E-state index contributed by atoms with van der Waals surface area (Å²) in [7, 11) is 0. The molecule has 0 aliphatic carbocycles. The van der Waals surface area contributed by atoms with Crippen molar-refractivity contribution >= 4 is 17.7 Å². The minimum absolute atomic E-state index is 0.0626. The quantitative estimate of drug-likeness (QED) is 0.483. The summed E-state index contributed by atoms with van der Waals surface area (Å²) in [5.74, 6) is -0.906. The minimum Gasteiger partial charge on any atom is -0.395 e. The molecule has 1 fully saturated rings. The molecule has 0 radical (unpaired) electrons. The Bertz CT molecular complexity index is 702. The second kappa shape index (κ2) is 7.30. The van der Waals surface area contributed by atoms with Gasteiger partial charge in [0, 0.05) is 37.7 Å². The normalized spacial score (nSPS) is 21.3. The van der Waals surface area contributed by atoms with Gasteiger partial charge in [-0.1, -0.05) is 12.1 Å². The van der Waals surface area contributed by atoms with Crippen molar-refractivity contribution in [3.8, 4) is 0 Å². The van der Waals surface area contributed by atoms with E-state index in [1.54, 1.807) is 12.1 Å². The molecule has 25 heavy (non-hydrogen) atoms. The van der Waals surface area contributed by atoms with Gasteiger partial charge in [-0.05, 0) is 23.6 Å². The van der Waals surface area contributed by atoms with Crippen molar-refractivity contribution in [3.63, 3.8) is 0 Å². The molecule has 3 amide bonds. The Hall–Kier alpha value is -2.29. The van der Waals surface area contributed by atoms with Gasteiger partial charge in [-0.15, -0.1) is 0 Å². The van der Waals surface area contributed by atoms with Crippen LogP contribution in [0.2, 0.25) is 0 Å². The van der Waals surface area contributed by atoms with Crippen LogP contribution in [0, 0.1) is 0 Å². The van der Waals surface area contributed by atoms with Gasteiger partial charge < -0.3 is 21.1 Å². The van der Waals surface area contributed by atoms with E-state index in [2.05, 4.69) is 10.6 Å². The standard InChI is InChI=1S/C17H22N4O4/c18-6-11(9-22)19-7-10-2-1-3-12-13(10)8-21(17(12)25)14-4-5-15(23)20-16(14)24/h1-3,11,14,19,22H,4-9,18H2,(H,20,23,24)/t11-,14?/m0/s1. The van der Waals surface area contributed by atoms with Gasteiger partial charge in [-0.25, -0.2) is 0 Å². The van der Waals surface area contributed by atoms with Crippen molar-refractivity contribution in [3.05, 3.63) is 34.9 Å². The van der Waals surface area contributed by atoms with Gasteiger partial charge in [0.2, 0.25) is 11.8 Å². The van der Waals surface area contributed by atoms with E-state index in [9.17, 15) is 19.5 Å². The van der Waals surface area contributed by atoms with Gasteiger partial charge in [0.05, 0.1) is 6.61 Å². The highest BCUT2D eigenvalue weighted by molar-refractivity contribution is 6.05. The summed E-state index contributed by atoms with van der Waals surface area (Å²) in [6, 6.07) is 4.64. The highest BCUT2D eigenvalue weighted by Gasteiger charge is 2.39. The summed E-state index contributed by atoms with van der Waals surface area (Å²) in [6.45, 7) is 1.06. The first-order chi connectivity index (χ1) is 12.0. The van der Waals surface area contributed by atoms with Gasteiger partial charge in [0.25, 0.3) is 5.91 Å². The van der Waals surface area contributed by atoms with Crippen molar-refractivity contribution in [2.45, 2.75) is 38.0 Å². The molecule has 2 heterocycles. The van der Waals surface area contributed by atoms with Crippen LogP contribution in [0.15, 0.2) is 18.2 Å². The van der Waals surface area contributed by atoms with Gasteiger partial charge in [-0.3, -0.25) is 19.7 Å². The number of hydrogen-bond donors (Lipinski definition) is 4. The van der Waals surface area contributed by atoms with Gasteiger partial charge in [0.1, 0.15) is 6.04 Å². The molecule has 0 aromatic heterocycles. The van der Waals surface area contributed by atoms with Crippen LogP contribution in [-0.4, -0.2) is 53.0 Å². The SMILES string of the molecule is NC[C@@H](CO)NCc1cccc2c1CN(C1CCC(=O)NC1=O)C2=O. The Labute approximate surface area is 145 Å². The molecule has 1 aromatic rings. The minimum atomic E-state index is -0.618. The third-order valence-electron chi connectivity index (χ3n) is 4.77. The summed E-state index contributed by atoms with van der Waals surface area (Å²) in [5.41, 5.74) is 7.96. The number of imide groups is 1. The van der Waals surface area contributed by atoms with E-state index in [0.29, 0.717) is 31.6 Å². The van der Waals surface area contributed by atoms with Crippen LogP contribution in [-0.2, 0) is 22.7 Å². The Morgan fingerprint density at radius 3 is 2.84 bits per heavy atom. The number of carbonyl (C=O) groups excluding carboxylic acids is 3. The number of piperidine rings is 1. The molecule has 8 nitrogen and oxygen atoms in total. The first-order valence-electron chi connectivity index (χ1n) is 8.35. The number of aliphatic hydroxyl groups excluding tert-OH is 1. The number of amides is 3. The van der Waals surface area contributed by atoms with E-state index in [-0.39, 0.29) is 30.9 Å². The lowest BCUT2D eigenvalue weighted by atomic mass is 10.0. The van der Waals surface area contributed by atoms with Crippen LogP contribution in [0.3, 0.4) is 0 Å². The maximum Gasteiger partial charge on any atom is 0.255 e. The molecular formula is C17H22N4O4. The molecule has 8 heteroatoms. The van der Waals surface area contributed by atoms with Gasteiger partial charge >= 0.3 is 0 Å². The molecule has 134 valence electrons. The van der Waals surface area contributed by atoms with Crippen molar-refractivity contribution in [1.82, 2.24) is 15.5 Å². The Kier molecular flexibility index (Phi) is 5.12. The molecule has 3 rings (SSSR count). The molecule has 1 aromatic carbocycles. The van der Waals surface area contributed by atoms with Crippen LogP contribution < -0.4 is 16.4 Å². The van der Waals surface area contributed by atoms with Crippen LogP contribution >= 0.6 is 0 Å². The number of nitrogens with zero attached hydrogens (tertiary/aromatic N) is 1. The molecule has 1 saturated heterocycles. The molecule has 2 atom stereocenters. The maximum atomic E-state index is 12.7. The van der Waals surface area contributed by atoms with Crippen LogP contribution in [0.5, 0.6) is 0 Å². The van der Waals surface area contributed by atoms with Crippen LogP contribution in [0.25, 0.3) is 0 Å². The fourth-order valence-electron chi connectivity index (χ4n) is 3.29. The van der Waals surface area contributed by atoms with E-state index in [1.165, 1.54) is 4.90 Å². The molecular weight excluding hydrogens is 324 g/mol. The molecule has 1 unspecified atom stereocenters. The van der Waals surface area contributed by atoms with Crippen molar-refractivity contribution in [2.24, 2.45) is 5.73 Å². The zero-order chi connectivity index (χ0) is 18.0. The lowest BCUT2D eigenvalue weighted by Gasteiger charge is -2.29. The number of carbonyl (C=O) groups is 3. The van der Waals surface area contributed by atoms with Crippen molar-refractivity contribution in [2.75, 3.05) is 13.2 Å². The number of fused-ring (bicyclic) bond motifs is 1. The third kappa shape index (κ3) is 3.41. The van der Waals surface area contributed by atoms with Gasteiger partial charge in [-0.2, -0.15) is 0 Å². The first kappa shape index (κ1) is 17.5. The predicted octanol–water partition coefficient (Wildman–Crippen LogP) is -1.14. The molecule has 5 N–H and O–H groups in total. The topological polar surface area (TPSA) is 125 Å². The molecule has 2 aliphatic rings. The van der Waals surface area contributed by atoms with Crippen molar-refractivity contribution in [1.29, 1.82) is 0 Å². The number of aliphatic hydroxyl groups is 1. The Balaban J connectivity index is 1.78. The molecule has 0 spiro atoms. The van der Waals surface area contributed by atoms with E-state index in [4.69, 9.17) is 5.73 Å². The number of hydrogen-bond acceptors (Lipinski definition) is 6. The van der Waals surface area contributed by atoms with Crippen LogP contribution in [0.4, 0.5) is 0 Å². The average molecular weight is 346 g/mol. The van der Waals surface area contributed by atoms with E-state index in [0.717, 1.165) is 11.1 Å². The van der Waals surface area contributed by atoms with Gasteiger partial charge in [0.15, 0.2) is 0 Å². The number of rotatable bonds is 6. The fourth-order valence-corrected chi connectivity index (χ4v) is 3.29. The van der Waals surface area contributed by atoms with E-state index in [1.807, 2.05) is 6.07 Å². The van der Waals surface area contributed by atoms with Crippen LogP contribution in [0.1, 0.15) is 34.3 Å². The molecule has 0 bridgehead atoms. The maximum absolute atomic E-state index is 12.7. The largest absolute Gasteiger partial charge is 0.395 e. The summed E-state index contributed by atoms with van der Waals surface area (Å²) in [6.07, 6.45) is 0.581. The predicted molar refractivity (Wildman–Crippen MR) is 89.3 cm³/mol. The van der Waals surface area contributed by atoms with E-state index < -0.39 is 11.9 Å². The monoisotopic (exact) mass is 346 g/mol. The molecule has 0 saturated carbocycles. The van der Waals surface area contributed by atoms with E-state index >= 15 is 0 Å². The Morgan fingerprint density at radius 1 is 1.36 bits per heavy atom. The first-order valence-corrected chi connectivity index (χ1v) is 8.35. The average Bonchev–Trinajstić information content (AvgIpc) is 2.93. The number of nitrogens with one attached hydrogen (secondary N) is 2. The third-order valence-corrected chi connectivity index (χ3v) is 4.77. The second-order valence-corrected chi connectivity index (χ2v) is 6.34. The van der Waals surface area contributed by atoms with Crippen molar-refractivity contribution < 1.29 is 19.5 Å². The number of nitrogens with two attached hydrogens (primary N) is 1.